The first-order chi connectivity index (χ1) is 10.9. The summed E-state index contributed by atoms with van der Waals surface area (Å²) in [4.78, 5) is 13.5. The maximum absolute atomic E-state index is 12.1. The van der Waals surface area contributed by atoms with Gasteiger partial charge in [-0.05, 0) is 24.3 Å². The first-order valence-electron chi connectivity index (χ1n) is 6.90. The van der Waals surface area contributed by atoms with E-state index in [0.717, 1.165) is 0 Å². The number of amides is 1. The average Bonchev–Trinajstić information content (AvgIpc) is 3.00. The molecule has 2 aromatic rings. The van der Waals surface area contributed by atoms with Crippen LogP contribution in [0.1, 0.15) is 12.2 Å². The van der Waals surface area contributed by atoms with Gasteiger partial charge in [-0.1, -0.05) is 23.7 Å². The molecule has 2 rings (SSSR count). The molecule has 23 heavy (non-hydrogen) atoms. The Morgan fingerprint density at radius 3 is 2.65 bits per heavy atom. The van der Waals surface area contributed by atoms with Gasteiger partial charge in [0.05, 0.1) is 17.8 Å². The standard InChI is InChI=1S/C15H17ClN2O4S/c1-18(11-12-5-4-10-22-12)15(19)8-9-17-23(20,21)14-7-3-2-6-13(14)16/h2-7,10,17H,8-9,11H2,1H3. The summed E-state index contributed by atoms with van der Waals surface area (Å²) in [6, 6.07) is 9.65. The molecule has 124 valence electrons. The van der Waals surface area contributed by atoms with Crippen molar-refractivity contribution in [1.29, 1.82) is 0 Å². The van der Waals surface area contributed by atoms with Crippen molar-refractivity contribution >= 4 is 27.5 Å². The van der Waals surface area contributed by atoms with Crippen LogP contribution < -0.4 is 4.72 Å². The number of nitrogens with one attached hydrogen (secondary N) is 1. The highest BCUT2D eigenvalue weighted by Gasteiger charge is 2.18. The van der Waals surface area contributed by atoms with Crippen LogP contribution in [0.2, 0.25) is 5.02 Å². The fourth-order valence-corrected chi connectivity index (χ4v) is 3.50. The van der Waals surface area contributed by atoms with Crippen molar-refractivity contribution in [3.63, 3.8) is 0 Å². The van der Waals surface area contributed by atoms with E-state index in [1.165, 1.54) is 23.3 Å². The third-order valence-electron chi connectivity index (χ3n) is 3.16. The third kappa shape index (κ3) is 4.82. The Hall–Kier alpha value is -1.83. The van der Waals surface area contributed by atoms with Gasteiger partial charge < -0.3 is 9.32 Å². The number of carbonyl (C=O) groups is 1. The molecule has 1 amide bonds. The van der Waals surface area contributed by atoms with E-state index in [-0.39, 0.29) is 28.8 Å². The smallest absolute Gasteiger partial charge is 0.242 e. The molecule has 0 bridgehead atoms. The molecule has 0 aliphatic heterocycles. The molecule has 0 atom stereocenters. The van der Waals surface area contributed by atoms with Crippen LogP contribution in [0.3, 0.4) is 0 Å². The number of nitrogens with zero attached hydrogens (tertiary/aromatic N) is 1. The molecular weight excluding hydrogens is 340 g/mol. The van der Waals surface area contributed by atoms with Gasteiger partial charge >= 0.3 is 0 Å². The van der Waals surface area contributed by atoms with Crippen LogP contribution in [-0.4, -0.2) is 32.8 Å². The minimum atomic E-state index is -3.73. The van der Waals surface area contributed by atoms with E-state index in [2.05, 4.69) is 4.72 Å². The number of sulfonamides is 1. The SMILES string of the molecule is CN(Cc1ccco1)C(=O)CCNS(=O)(=O)c1ccccc1Cl. The van der Waals surface area contributed by atoms with E-state index in [1.807, 2.05) is 0 Å². The van der Waals surface area contributed by atoms with Gasteiger partial charge in [0.25, 0.3) is 0 Å². The Morgan fingerprint density at radius 1 is 1.26 bits per heavy atom. The van der Waals surface area contributed by atoms with Gasteiger partial charge in [0.2, 0.25) is 15.9 Å². The van der Waals surface area contributed by atoms with E-state index >= 15 is 0 Å². The molecule has 8 heteroatoms. The molecule has 0 saturated carbocycles. The fraction of sp³-hybridized carbons (Fsp3) is 0.267. The predicted molar refractivity (Wildman–Crippen MR) is 86.4 cm³/mol. The van der Waals surface area contributed by atoms with E-state index < -0.39 is 10.0 Å². The average molecular weight is 357 g/mol. The summed E-state index contributed by atoms with van der Waals surface area (Å²) in [6.07, 6.45) is 1.58. The maximum Gasteiger partial charge on any atom is 0.242 e. The van der Waals surface area contributed by atoms with Crippen LogP contribution >= 0.6 is 11.6 Å². The highest BCUT2D eigenvalue weighted by molar-refractivity contribution is 7.89. The van der Waals surface area contributed by atoms with Crippen LogP contribution in [0, 0.1) is 0 Å². The van der Waals surface area contributed by atoms with Crippen molar-refractivity contribution in [1.82, 2.24) is 9.62 Å². The molecular formula is C15H17ClN2O4S. The predicted octanol–water partition coefficient (Wildman–Crippen LogP) is 2.26. The summed E-state index contributed by atoms with van der Waals surface area (Å²) in [5.74, 6) is 0.473. The van der Waals surface area contributed by atoms with Gasteiger partial charge in [0.15, 0.2) is 0 Å². The number of hydrogen-bond acceptors (Lipinski definition) is 4. The molecule has 1 N–H and O–H groups in total. The Kier molecular flexibility index (Phi) is 5.81. The highest BCUT2D eigenvalue weighted by atomic mass is 35.5. The first-order valence-corrected chi connectivity index (χ1v) is 8.77. The number of benzene rings is 1. The Labute approximate surface area is 140 Å². The van der Waals surface area contributed by atoms with Gasteiger partial charge in [-0.2, -0.15) is 0 Å². The van der Waals surface area contributed by atoms with Crippen molar-refractivity contribution < 1.29 is 17.6 Å². The van der Waals surface area contributed by atoms with E-state index in [4.69, 9.17) is 16.0 Å². The number of hydrogen-bond donors (Lipinski definition) is 1. The Morgan fingerprint density at radius 2 is 2.00 bits per heavy atom. The normalized spacial score (nSPS) is 11.4. The minimum absolute atomic E-state index is 0.00180. The zero-order valence-corrected chi connectivity index (χ0v) is 14.1. The summed E-state index contributed by atoms with van der Waals surface area (Å²) >= 11 is 5.88. The number of rotatable bonds is 7. The van der Waals surface area contributed by atoms with Crippen LogP contribution in [0.4, 0.5) is 0 Å². The number of halogens is 1. The van der Waals surface area contributed by atoms with Crippen molar-refractivity contribution in [2.24, 2.45) is 0 Å². The third-order valence-corrected chi connectivity index (χ3v) is 5.12. The Balaban J connectivity index is 1.86. The second kappa shape index (κ2) is 7.63. The molecule has 0 unspecified atom stereocenters. The quantitative estimate of drug-likeness (QED) is 0.825. The summed E-state index contributed by atoms with van der Waals surface area (Å²) in [5.41, 5.74) is 0. The zero-order chi connectivity index (χ0) is 16.9. The Bertz CT molecular complexity index is 760. The second-order valence-electron chi connectivity index (χ2n) is 4.91. The lowest BCUT2D eigenvalue weighted by atomic mass is 10.3. The lowest BCUT2D eigenvalue weighted by Crippen LogP contribution is -2.32. The largest absolute Gasteiger partial charge is 0.467 e. The lowest BCUT2D eigenvalue weighted by molar-refractivity contribution is -0.130. The van der Waals surface area contributed by atoms with Crippen molar-refractivity contribution in [2.75, 3.05) is 13.6 Å². The van der Waals surface area contributed by atoms with E-state index in [0.29, 0.717) is 12.3 Å². The molecule has 0 aliphatic rings. The highest BCUT2D eigenvalue weighted by Crippen LogP contribution is 2.20. The van der Waals surface area contributed by atoms with Gasteiger partial charge in [0.1, 0.15) is 10.7 Å². The summed E-state index contributed by atoms with van der Waals surface area (Å²) < 4.78 is 31.8. The van der Waals surface area contributed by atoms with E-state index in [1.54, 1.807) is 31.3 Å². The van der Waals surface area contributed by atoms with Crippen LogP contribution in [-0.2, 0) is 21.4 Å². The molecule has 1 aromatic heterocycles. The second-order valence-corrected chi connectivity index (χ2v) is 7.05. The van der Waals surface area contributed by atoms with Crippen LogP contribution in [0.5, 0.6) is 0 Å². The van der Waals surface area contributed by atoms with Crippen LogP contribution in [0.25, 0.3) is 0 Å². The molecule has 0 fully saturated rings. The molecule has 1 heterocycles. The summed E-state index contributed by atoms with van der Waals surface area (Å²) in [7, 11) is -2.10. The first kappa shape index (κ1) is 17.5. The molecule has 0 aliphatic carbocycles. The van der Waals surface area contributed by atoms with Gasteiger partial charge in [-0.25, -0.2) is 13.1 Å². The van der Waals surface area contributed by atoms with Crippen LogP contribution in [0.15, 0.2) is 52.0 Å². The topological polar surface area (TPSA) is 79.6 Å². The van der Waals surface area contributed by atoms with Gasteiger partial charge in [-0.15, -0.1) is 0 Å². The molecule has 1 aromatic carbocycles. The monoisotopic (exact) mass is 356 g/mol. The summed E-state index contributed by atoms with van der Waals surface area (Å²) in [5, 5.41) is 0.140. The fourth-order valence-electron chi connectivity index (χ4n) is 1.95. The molecule has 0 spiro atoms. The van der Waals surface area contributed by atoms with Crippen molar-refractivity contribution in [2.45, 2.75) is 17.9 Å². The van der Waals surface area contributed by atoms with Crippen molar-refractivity contribution in [3.05, 3.63) is 53.4 Å². The molecule has 6 nitrogen and oxygen atoms in total. The summed E-state index contributed by atoms with van der Waals surface area (Å²) in [6.45, 7) is 0.331. The van der Waals surface area contributed by atoms with Gasteiger partial charge in [0, 0.05) is 20.0 Å². The zero-order valence-electron chi connectivity index (χ0n) is 12.5. The minimum Gasteiger partial charge on any atom is -0.467 e. The molecule has 0 saturated heterocycles. The van der Waals surface area contributed by atoms with E-state index in [9.17, 15) is 13.2 Å². The number of carbonyl (C=O) groups excluding carboxylic acids is 1. The van der Waals surface area contributed by atoms with Crippen molar-refractivity contribution in [3.8, 4) is 0 Å². The molecule has 0 radical (unpaired) electrons. The lowest BCUT2D eigenvalue weighted by Gasteiger charge is -2.16. The maximum atomic E-state index is 12.1. The number of furan rings is 1. The van der Waals surface area contributed by atoms with Gasteiger partial charge in [-0.3, -0.25) is 4.79 Å².